The first kappa shape index (κ1) is 17.9. The van der Waals surface area contributed by atoms with Crippen LogP contribution in [0.4, 0.5) is 11.4 Å². The summed E-state index contributed by atoms with van der Waals surface area (Å²) in [5.41, 5.74) is 1.70. The van der Waals surface area contributed by atoms with Gasteiger partial charge in [-0.3, -0.25) is 14.9 Å². The lowest BCUT2D eigenvalue weighted by molar-refractivity contribution is -0.384. The van der Waals surface area contributed by atoms with Gasteiger partial charge in [0, 0.05) is 24.7 Å². The normalized spacial score (nSPS) is 15.3. The minimum Gasteiger partial charge on any atom is -0.378 e. The zero-order valence-corrected chi connectivity index (χ0v) is 14.6. The van der Waals surface area contributed by atoms with Gasteiger partial charge in [0.15, 0.2) is 0 Å². The summed E-state index contributed by atoms with van der Waals surface area (Å²) < 4.78 is 5.29. The number of nitro groups is 1. The van der Waals surface area contributed by atoms with E-state index in [1.54, 1.807) is 12.1 Å². The first-order chi connectivity index (χ1) is 12.6. The first-order valence-electron chi connectivity index (χ1n) is 8.53. The maximum Gasteiger partial charge on any atom is 0.293 e. The zero-order valence-electron chi connectivity index (χ0n) is 14.6. The van der Waals surface area contributed by atoms with Gasteiger partial charge in [0.1, 0.15) is 5.69 Å². The van der Waals surface area contributed by atoms with Crippen LogP contribution in [0, 0.1) is 10.1 Å². The summed E-state index contributed by atoms with van der Waals surface area (Å²) >= 11 is 0. The van der Waals surface area contributed by atoms with Crippen LogP contribution in [0.5, 0.6) is 0 Å². The summed E-state index contributed by atoms with van der Waals surface area (Å²) in [7, 11) is 0. The number of ether oxygens (including phenoxy) is 1. The van der Waals surface area contributed by atoms with Crippen molar-refractivity contribution in [1.29, 1.82) is 0 Å². The van der Waals surface area contributed by atoms with E-state index in [2.05, 4.69) is 5.32 Å². The van der Waals surface area contributed by atoms with Gasteiger partial charge in [-0.2, -0.15) is 0 Å². The summed E-state index contributed by atoms with van der Waals surface area (Å²) in [5.74, 6) is -0.335. The largest absolute Gasteiger partial charge is 0.378 e. The fourth-order valence-corrected chi connectivity index (χ4v) is 2.99. The van der Waals surface area contributed by atoms with Crippen LogP contribution in [0.1, 0.15) is 28.9 Å². The third kappa shape index (κ3) is 4.00. The van der Waals surface area contributed by atoms with Crippen LogP contribution in [0.3, 0.4) is 0 Å². The van der Waals surface area contributed by atoms with Gasteiger partial charge in [-0.15, -0.1) is 0 Å². The molecule has 1 atom stereocenters. The van der Waals surface area contributed by atoms with E-state index in [1.165, 1.54) is 6.07 Å². The minimum absolute atomic E-state index is 0.0630. The molecule has 0 aliphatic carbocycles. The number of nitrogens with one attached hydrogen (secondary N) is 1. The second-order valence-electron chi connectivity index (χ2n) is 6.17. The molecule has 136 valence electrons. The van der Waals surface area contributed by atoms with E-state index < -0.39 is 4.92 Å². The van der Waals surface area contributed by atoms with Crippen molar-refractivity contribution in [2.45, 2.75) is 13.0 Å². The molecule has 1 heterocycles. The monoisotopic (exact) mass is 355 g/mol. The van der Waals surface area contributed by atoms with Crippen LogP contribution >= 0.6 is 0 Å². The predicted molar refractivity (Wildman–Crippen MR) is 98.5 cm³/mol. The Morgan fingerprint density at radius 1 is 1.19 bits per heavy atom. The Morgan fingerprint density at radius 2 is 1.88 bits per heavy atom. The van der Waals surface area contributed by atoms with E-state index in [9.17, 15) is 14.9 Å². The molecule has 0 bridgehead atoms. The summed E-state index contributed by atoms with van der Waals surface area (Å²) in [4.78, 5) is 25.5. The molecule has 1 N–H and O–H groups in total. The second kappa shape index (κ2) is 7.97. The number of hydrogen-bond donors (Lipinski definition) is 1. The van der Waals surface area contributed by atoms with Gasteiger partial charge in [0.25, 0.3) is 11.6 Å². The predicted octanol–water partition coefficient (Wildman–Crippen LogP) is 2.92. The Hall–Kier alpha value is -2.93. The van der Waals surface area contributed by atoms with Crippen LogP contribution in [-0.2, 0) is 4.74 Å². The number of carbonyl (C=O) groups is 1. The average molecular weight is 355 g/mol. The number of anilines is 1. The highest BCUT2D eigenvalue weighted by Crippen LogP contribution is 2.30. The van der Waals surface area contributed by atoms with Crippen molar-refractivity contribution in [3.05, 3.63) is 69.8 Å². The number of benzene rings is 2. The number of carbonyl (C=O) groups excluding carboxylic acids is 1. The molecule has 7 heteroatoms. The molecular formula is C19H21N3O4. The number of nitrogens with zero attached hydrogens (tertiary/aromatic N) is 2. The Kier molecular flexibility index (Phi) is 5.48. The van der Waals surface area contributed by atoms with Crippen molar-refractivity contribution in [2.24, 2.45) is 0 Å². The SMILES string of the molecule is CC(NC(=O)c1ccc(N2CCOCC2)c([N+](=O)[O-])c1)c1ccccc1. The third-order valence-corrected chi connectivity index (χ3v) is 4.43. The lowest BCUT2D eigenvalue weighted by Crippen LogP contribution is -2.36. The van der Waals surface area contributed by atoms with Gasteiger partial charge in [0.2, 0.25) is 0 Å². The highest BCUT2D eigenvalue weighted by Gasteiger charge is 2.23. The maximum absolute atomic E-state index is 12.5. The molecule has 26 heavy (non-hydrogen) atoms. The third-order valence-electron chi connectivity index (χ3n) is 4.43. The lowest BCUT2D eigenvalue weighted by Gasteiger charge is -2.28. The molecule has 7 nitrogen and oxygen atoms in total. The molecule has 1 fully saturated rings. The molecular weight excluding hydrogens is 334 g/mol. The van der Waals surface area contributed by atoms with Gasteiger partial charge in [-0.05, 0) is 24.6 Å². The zero-order chi connectivity index (χ0) is 18.5. The fourth-order valence-electron chi connectivity index (χ4n) is 2.99. The highest BCUT2D eigenvalue weighted by atomic mass is 16.6. The molecule has 3 rings (SSSR count). The summed E-state index contributed by atoms with van der Waals surface area (Å²) in [6.07, 6.45) is 0. The number of nitro benzene ring substituents is 1. The molecule has 1 aliphatic heterocycles. The summed E-state index contributed by atoms with van der Waals surface area (Å²) in [6.45, 7) is 4.14. The van der Waals surface area contributed by atoms with Crippen molar-refractivity contribution in [1.82, 2.24) is 5.32 Å². The van der Waals surface area contributed by atoms with Crippen LogP contribution in [0.25, 0.3) is 0 Å². The van der Waals surface area contributed by atoms with Crippen molar-refractivity contribution < 1.29 is 14.5 Å². The van der Waals surface area contributed by atoms with E-state index in [1.807, 2.05) is 42.2 Å². The van der Waals surface area contributed by atoms with Crippen LogP contribution in [0.15, 0.2) is 48.5 Å². The number of rotatable bonds is 5. The maximum atomic E-state index is 12.5. The van der Waals surface area contributed by atoms with Crippen molar-refractivity contribution in [2.75, 3.05) is 31.2 Å². The summed E-state index contributed by atoms with van der Waals surface area (Å²) in [5, 5.41) is 14.4. The number of morpholine rings is 1. The second-order valence-corrected chi connectivity index (χ2v) is 6.17. The van der Waals surface area contributed by atoms with Crippen molar-refractivity contribution in [3.63, 3.8) is 0 Å². The molecule has 1 saturated heterocycles. The van der Waals surface area contributed by atoms with Gasteiger partial charge in [-0.1, -0.05) is 30.3 Å². The fraction of sp³-hybridized carbons (Fsp3) is 0.316. The Labute approximate surface area is 151 Å². The molecule has 2 aromatic carbocycles. The highest BCUT2D eigenvalue weighted by molar-refractivity contribution is 5.96. The topological polar surface area (TPSA) is 84.7 Å². The summed E-state index contributed by atoms with van der Waals surface area (Å²) in [6, 6.07) is 14.0. The molecule has 0 spiro atoms. The van der Waals surface area contributed by atoms with Crippen molar-refractivity contribution >= 4 is 17.3 Å². The van der Waals surface area contributed by atoms with Gasteiger partial charge in [0.05, 0.1) is 24.2 Å². The van der Waals surface area contributed by atoms with Crippen LogP contribution < -0.4 is 10.2 Å². The van der Waals surface area contributed by atoms with E-state index >= 15 is 0 Å². The number of amides is 1. The minimum atomic E-state index is -0.442. The molecule has 0 saturated carbocycles. The molecule has 2 aromatic rings. The van der Waals surface area contributed by atoms with Gasteiger partial charge >= 0.3 is 0 Å². The quantitative estimate of drug-likeness (QED) is 0.658. The smallest absolute Gasteiger partial charge is 0.293 e. The Morgan fingerprint density at radius 3 is 2.54 bits per heavy atom. The van der Waals surface area contributed by atoms with Crippen LogP contribution in [-0.4, -0.2) is 37.1 Å². The molecule has 0 aromatic heterocycles. The average Bonchev–Trinajstić information content (AvgIpc) is 2.68. The van der Waals surface area contributed by atoms with Gasteiger partial charge in [-0.25, -0.2) is 0 Å². The van der Waals surface area contributed by atoms with E-state index in [4.69, 9.17) is 4.74 Å². The van der Waals surface area contributed by atoms with Crippen LogP contribution in [0.2, 0.25) is 0 Å². The van der Waals surface area contributed by atoms with E-state index in [0.717, 1.165) is 5.56 Å². The first-order valence-corrected chi connectivity index (χ1v) is 8.53. The Balaban J connectivity index is 1.80. The Bertz CT molecular complexity index is 789. The molecule has 1 unspecified atom stereocenters. The van der Waals surface area contributed by atoms with Gasteiger partial charge < -0.3 is 15.0 Å². The van der Waals surface area contributed by atoms with Crippen molar-refractivity contribution in [3.8, 4) is 0 Å². The van der Waals surface area contributed by atoms with E-state index in [-0.39, 0.29) is 23.2 Å². The molecule has 0 radical (unpaired) electrons. The molecule has 1 amide bonds. The number of hydrogen-bond acceptors (Lipinski definition) is 5. The molecule has 1 aliphatic rings. The lowest BCUT2D eigenvalue weighted by atomic mass is 10.1. The van der Waals surface area contributed by atoms with E-state index in [0.29, 0.717) is 32.0 Å². The standard InChI is InChI=1S/C19H21N3O4/c1-14(15-5-3-2-4-6-15)20-19(23)16-7-8-17(18(13-16)22(24)25)21-9-11-26-12-10-21/h2-8,13-14H,9-12H2,1H3,(H,20,23).